The van der Waals surface area contributed by atoms with Crippen molar-refractivity contribution in [3.8, 4) is 0 Å². The molecule has 2 aliphatic carbocycles. The van der Waals surface area contributed by atoms with Gasteiger partial charge in [0, 0.05) is 30.3 Å². The molecule has 2 fully saturated rings. The second-order valence-corrected chi connectivity index (χ2v) is 9.29. The first-order chi connectivity index (χ1) is 12.6. The van der Waals surface area contributed by atoms with E-state index in [1.807, 2.05) is 12.3 Å². The second-order valence-electron chi connectivity index (χ2n) is 8.05. The molecule has 0 radical (unpaired) electrons. The van der Waals surface area contributed by atoms with Crippen molar-refractivity contribution in [3.63, 3.8) is 0 Å². The molecular weight excluding hydrogens is 350 g/mol. The lowest BCUT2D eigenvalue weighted by atomic mass is 9.56. The number of carbonyl (C=O) groups excluding carboxylic acids is 2. The summed E-state index contributed by atoms with van der Waals surface area (Å²) in [6.45, 7) is 0.812. The molecule has 1 spiro atoms. The first-order valence-electron chi connectivity index (χ1n) is 9.12. The van der Waals surface area contributed by atoms with Crippen LogP contribution in [-0.4, -0.2) is 52.6 Å². The number of H-pyrrole nitrogens is 1. The van der Waals surface area contributed by atoms with Gasteiger partial charge in [0.1, 0.15) is 6.04 Å². The van der Waals surface area contributed by atoms with Crippen molar-refractivity contribution in [1.29, 1.82) is 0 Å². The maximum Gasteiger partial charge on any atom is 0.225 e. The van der Waals surface area contributed by atoms with Gasteiger partial charge in [-0.25, -0.2) is 0 Å². The molecular formula is C19H17N3O3S. The summed E-state index contributed by atoms with van der Waals surface area (Å²) in [6, 6.07) is -0.260. The van der Waals surface area contributed by atoms with Crippen LogP contribution in [-0.2, 0) is 16.0 Å². The van der Waals surface area contributed by atoms with Crippen LogP contribution in [0.4, 0.5) is 0 Å². The largest absolute Gasteiger partial charge is 0.378 e. The number of hydrogen-bond acceptors (Lipinski definition) is 6. The standard InChI is InChI=1S/C19H17N3O3S/c1-25-18-15-8(23)4-9-19(18)5-10(26-9)21-14-12(19)16-11-7(2-3-22(15)16)6-20-13(11)17(14)24/h4,6,10,15-16,18,20-21H,2-3,5H2,1H3. The predicted molar refractivity (Wildman–Crippen MR) is 94.5 cm³/mol. The number of aromatic amines is 1. The average molecular weight is 367 g/mol. The van der Waals surface area contributed by atoms with Crippen LogP contribution in [0.15, 0.2) is 28.4 Å². The van der Waals surface area contributed by atoms with Gasteiger partial charge in [-0.2, -0.15) is 0 Å². The van der Waals surface area contributed by atoms with E-state index in [1.54, 1.807) is 18.9 Å². The van der Waals surface area contributed by atoms with Gasteiger partial charge in [0.2, 0.25) is 5.78 Å². The zero-order valence-corrected chi connectivity index (χ0v) is 15.0. The highest BCUT2D eigenvalue weighted by Crippen LogP contribution is 2.69. The van der Waals surface area contributed by atoms with Gasteiger partial charge in [-0.3, -0.25) is 14.5 Å². The minimum absolute atomic E-state index is 0.00361. The van der Waals surface area contributed by atoms with Gasteiger partial charge in [-0.05, 0) is 30.1 Å². The summed E-state index contributed by atoms with van der Waals surface area (Å²) in [6.07, 6.45) is 5.35. The summed E-state index contributed by atoms with van der Waals surface area (Å²) in [5.74, 6) is 0.214. The highest BCUT2D eigenvalue weighted by molar-refractivity contribution is 8.04. The third-order valence-corrected chi connectivity index (χ3v) is 8.50. The van der Waals surface area contributed by atoms with Crippen LogP contribution < -0.4 is 5.32 Å². The number of fused-ring (bicyclic) bond motifs is 3. The number of nitrogens with zero attached hydrogens (tertiary/aromatic N) is 1. The molecule has 6 aliphatic rings. The van der Waals surface area contributed by atoms with Crippen molar-refractivity contribution in [2.24, 2.45) is 5.41 Å². The lowest BCUT2D eigenvalue weighted by Gasteiger charge is -2.60. The van der Waals surface area contributed by atoms with E-state index in [2.05, 4.69) is 15.2 Å². The molecule has 3 bridgehead atoms. The molecule has 4 aliphatic heterocycles. The maximum atomic E-state index is 13.3. The van der Waals surface area contributed by atoms with Gasteiger partial charge in [-0.1, -0.05) is 0 Å². The van der Waals surface area contributed by atoms with Crippen LogP contribution in [0, 0.1) is 5.41 Å². The SMILES string of the molecule is COC1C2C(=O)C=C3SC4CC31C1=C(N4)C(=O)c3[nH]cc4c3C1N2CC4. The molecule has 1 aromatic rings. The molecule has 5 atom stereocenters. The third kappa shape index (κ3) is 1.25. The Morgan fingerprint density at radius 2 is 2.27 bits per heavy atom. The number of ether oxygens (including phenoxy) is 1. The highest BCUT2D eigenvalue weighted by Gasteiger charge is 2.69. The summed E-state index contributed by atoms with van der Waals surface area (Å²) in [5, 5.41) is 3.62. The molecule has 0 amide bonds. The van der Waals surface area contributed by atoms with Crippen LogP contribution in [0.25, 0.3) is 0 Å². The topological polar surface area (TPSA) is 74.4 Å². The number of methoxy groups -OCH3 is 1. The van der Waals surface area contributed by atoms with E-state index in [-0.39, 0.29) is 40.5 Å². The van der Waals surface area contributed by atoms with E-state index in [0.717, 1.165) is 41.1 Å². The highest BCUT2D eigenvalue weighted by atomic mass is 32.2. The fourth-order valence-corrected chi connectivity index (χ4v) is 7.91. The lowest BCUT2D eigenvalue weighted by molar-refractivity contribution is -0.140. The van der Waals surface area contributed by atoms with Crippen molar-refractivity contribution in [1.82, 2.24) is 15.2 Å². The quantitative estimate of drug-likeness (QED) is 0.779. The number of nitrogens with one attached hydrogen (secondary N) is 2. The number of carbonyl (C=O) groups is 2. The summed E-state index contributed by atoms with van der Waals surface area (Å²) < 4.78 is 6.01. The van der Waals surface area contributed by atoms with Crippen molar-refractivity contribution in [2.45, 2.75) is 36.4 Å². The monoisotopic (exact) mass is 367 g/mol. The normalized spacial score (nSPS) is 41.3. The van der Waals surface area contributed by atoms with Crippen molar-refractivity contribution in [3.05, 3.63) is 45.3 Å². The van der Waals surface area contributed by atoms with E-state index in [1.165, 1.54) is 5.56 Å². The van der Waals surface area contributed by atoms with Crippen LogP contribution in [0.3, 0.4) is 0 Å². The third-order valence-electron chi connectivity index (χ3n) is 7.20. The zero-order chi connectivity index (χ0) is 17.4. The van der Waals surface area contributed by atoms with Crippen molar-refractivity contribution < 1.29 is 14.3 Å². The number of Topliss-reactive ketones (excluding diaryl/α,β-unsaturated/α-hetero) is 1. The van der Waals surface area contributed by atoms with Gasteiger partial charge in [0.15, 0.2) is 5.78 Å². The maximum absolute atomic E-state index is 13.3. The van der Waals surface area contributed by atoms with E-state index >= 15 is 0 Å². The Kier molecular flexibility index (Phi) is 2.29. The van der Waals surface area contributed by atoms with Crippen LogP contribution in [0.2, 0.25) is 0 Å². The average Bonchev–Trinajstić information content (AvgIpc) is 3.18. The van der Waals surface area contributed by atoms with E-state index in [9.17, 15) is 9.59 Å². The van der Waals surface area contributed by atoms with Gasteiger partial charge < -0.3 is 15.0 Å². The lowest BCUT2D eigenvalue weighted by Crippen LogP contribution is -2.68. The van der Waals surface area contributed by atoms with Crippen LogP contribution in [0.1, 0.15) is 34.1 Å². The van der Waals surface area contributed by atoms with Gasteiger partial charge >= 0.3 is 0 Å². The van der Waals surface area contributed by atoms with Crippen LogP contribution in [0.5, 0.6) is 0 Å². The number of ketones is 2. The molecule has 1 aromatic heterocycles. The first kappa shape index (κ1) is 14.3. The number of aromatic nitrogens is 1. The molecule has 7 heteroatoms. The minimum atomic E-state index is -0.330. The molecule has 2 saturated heterocycles. The van der Waals surface area contributed by atoms with Gasteiger partial charge in [-0.15, -0.1) is 11.8 Å². The summed E-state index contributed by atoms with van der Waals surface area (Å²) in [7, 11) is 1.71. The molecule has 5 heterocycles. The molecule has 0 saturated carbocycles. The molecule has 0 aromatic carbocycles. The fourth-order valence-electron chi connectivity index (χ4n) is 6.38. The predicted octanol–water partition coefficient (Wildman–Crippen LogP) is 1.28. The summed E-state index contributed by atoms with van der Waals surface area (Å²) in [4.78, 5) is 33.0. The molecule has 132 valence electrons. The molecule has 26 heavy (non-hydrogen) atoms. The molecule has 5 unspecified atom stereocenters. The Labute approximate surface area is 154 Å². The van der Waals surface area contributed by atoms with E-state index < -0.39 is 0 Å². The Hall–Kier alpha value is -1.83. The number of piperidine rings is 1. The Morgan fingerprint density at radius 1 is 1.38 bits per heavy atom. The zero-order valence-electron chi connectivity index (χ0n) is 14.2. The fraction of sp³-hybridized carbons (Fsp3) is 0.474. The number of hydrogen-bond donors (Lipinski definition) is 2. The Balaban J connectivity index is 1.64. The number of allylic oxidation sites excluding steroid dienone is 1. The Morgan fingerprint density at radius 3 is 3.12 bits per heavy atom. The second kappa shape index (κ2) is 4.18. The molecule has 2 N–H and O–H groups in total. The Bertz CT molecular complexity index is 1010. The minimum Gasteiger partial charge on any atom is -0.378 e. The van der Waals surface area contributed by atoms with Crippen molar-refractivity contribution >= 4 is 23.3 Å². The van der Waals surface area contributed by atoms with Gasteiger partial charge in [0.25, 0.3) is 0 Å². The molecule has 6 nitrogen and oxygen atoms in total. The van der Waals surface area contributed by atoms with Crippen molar-refractivity contribution in [2.75, 3.05) is 13.7 Å². The van der Waals surface area contributed by atoms with E-state index in [4.69, 9.17) is 4.74 Å². The smallest absolute Gasteiger partial charge is 0.225 e. The summed E-state index contributed by atoms with van der Waals surface area (Å²) in [5.41, 5.74) is 4.59. The first-order valence-corrected chi connectivity index (χ1v) is 10.0. The van der Waals surface area contributed by atoms with E-state index in [0.29, 0.717) is 5.69 Å². The van der Waals surface area contributed by atoms with Gasteiger partial charge in [0.05, 0.1) is 34.3 Å². The number of rotatable bonds is 1. The number of thioether (sulfide) groups is 1. The van der Waals surface area contributed by atoms with Crippen LogP contribution >= 0.6 is 11.8 Å². The summed E-state index contributed by atoms with van der Waals surface area (Å²) >= 11 is 1.70. The molecule has 7 rings (SSSR count).